The quantitative estimate of drug-likeness (QED) is 0.306. The molecule has 1 aliphatic heterocycles. The maximum atomic E-state index is 5.82. The summed E-state index contributed by atoms with van der Waals surface area (Å²) in [5, 5.41) is 2.15. The minimum absolute atomic E-state index is 0.737. The van der Waals surface area contributed by atoms with Crippen LogP contribution in [0.3, 0.4) is 0 Å². The average Bonchev–Trinajstić information content (AvgIpc) is 2.79. The Morgan fingerprint density at radius 1 is 0.967 bits per heavy atom. The molecule has 0 spiro atoms. The third-order valence-electron chi connectivity index (χ3n) is 5.32. The Kier molecular flexibility index (Phi) is 5.29. The summed E-state index contributed by atoms with van der Waals surface area (Å²) in [6.45, 7) is 1.62. The fraction of sp³-hybridized carbons (Fsp3) is 0.167. The first-order valence-electron chi connectivity index (χ1n) is 9.80. The number of ether oxygens (including phenoxy) is 1. The van der Waals surface area contributed by atoms with E-state index >= 15 is 0 Å². The molecule has 4 nitrogen and oxygen atoms in total. The number of pyridine rings is 1. The van der Waals surface area contributed by atoms with Gasteiger partial charge in [0, 0.05) is 17.3 Å². The highest BCUT2D eigenvalue weighted by Crippen LogP contribution is 2.39. The molecule has 1 saturated heterocycles. The highest BCUT2D eigenvalue weighted by molar-refractivity contribution is 8.23. The minimum Gasteiger partial charge on any atom is -0.494 e. The number of thioether (sulfide) groups is 1. The zero-order valence-corrected chi connectivity index (χ0v) is 18.2. The first-order valence-corrected chi connectivity index (χ1v) is 11.2. The van der Waals surface area contributed by atoms with Crippen LogP contribution < -0.4 is 9.64 Å². The van der Waals surface area contributed by atoms with Crippen molar-refractivity contribution in [2.24, 2.45) is 0 Å². The van der Waals surface area contributed by atoms with E-state index in [-0.39, 0.29) is 0 Å². The second-order valence-electron chi connectivity index (χ2n) is 7.26. The van der Waals surface area contributed by atoms with Crippen LogP contribution in [-0.2, 0) is 6.54 Å². The van der Waals surface area contributed by atoms with Crippen LogP contribution in [0.4, 0.5) is 5.69 Å². The highest BCUT2D eigenvalue weighted by Gasteiger charge is 2.27. The molecule has 0 saturated carbocycles. The van der Waals surface area contributed by atoms with Crippen LogP contribution in [0.15, 0.2) is 72.8 Å². The van der Waals surface area contributed by atoms with Crippen molar-refractivity contribution in [3.05, 3.63) is 78.4 Å². The van der Waals surface area contributed by atoms with E-state index in [1.165, 1.54) is 5.56 Å². The minimum atomic E-state index is 0.737. The fourth-order valence-corrected chi connectivity index (χ4v) is 5.02. The Balaban J connectivity index is 1.63. The lowest BCUT2D eigenvalue weighted by Gasteiger charge is -2.37. The van der Waals surface area contributed by atoms with E-state index in [1.807, 2.05) is 24.3 Å². The number of nitrogens with zero attached hydrogens (tertiary/aromatic N) is 3. The number of methoxy groups -OCH3 is 1. The zero-order valence-electron chi connectivity index (χ0n) is 16.6. The molecule has 2 heterocycles. The maximum absolute atomic E-state index is 5.82. The molecule has 0 radical (unpaired) electrons. The molecule has 0 N–H and O–H groups in total. The SMILES string of the molecule is COc1cccc2c(N3CN(Cc4ccccc4)CSC3=S)c3ccccc3nc12. The summed E-state index contributed by atoms with van der Waals surface area (Å²) in [7, 11) is 1.69. The molecule has 5 rings (SSSR count). The largest absolute Gasteiger partial charge is 0.494 e. The van der Waals surface area contributed by atoms with Crippen molar-refractivity contribution in [1.29, 1.82) is 0 Å². The Labute approximate surface area is 185 Å². The van der Waals surface area contributed by atoms with Gasteiger partial charge in [-0.15, -0.1) is 0 Å². The number of para-hydroxylation sites is 2. The zero-order chi connectivity index (χ0) is 20.5. The number of anilines is 1. The smallest absolute Gasteiger partial charge is 0.145 e. The lowest BCUT2D eigenvalue weighted by atomic mass is 10.1. The summed E-state index contributed by atoms with van der Waals surface area (Å²) in [5.41, 5.74) is 4.21. The van der Waals surface area contributed by atoms with Gasteiger partial charge in [0.05, 0.1) is 30.9 Å². The summed E-state index contributed by atoms with van der Waals surface area (Å²) < 4.78 is 6.50. The summed E-state index contributed by atoms with van der Waals surface area (Å²) in [6, 6.07) is 24.9. The third-order valence-corrected chi connectivity index (χ3v) is 6.85. The maximum Gasteiger partial charge on any atom is 0.145 e. The van der Waals surface area contributed by atoms with Gasteiger partial charge in [-0.3, -0.25) is 4.90 Å². The monoisotopic (exact) mass is 431 g/mol. The van der Waals surface area contributed by atoms with Crippen molar-refractivity contribution in [3.8, 4) is 5.75 Å². The van der Waals surface area contributed by atoms with Gasteiger partial charge >= 0.3 is 0 Å². The number of hydrogen-bond donors (Lipinski definition) is 0. The van der Waals surface area contributed by atoms with E-state index < -0.39 is 0 Å². The molecule has 3 aromatic carbocycles. The molecular formula is C24H21N3OS2. The van der Waals surface area contributed by atoms with Gasteiger partial charge in [0.15, 0.2) is 0 Å². The standard InChI is InChI=1S/C24H21N3OS2/c1-28-21-13-7-11-19-22(21)25-20-12-6-5-10-18(20)23(19)27-15-26(16-30-24(27)29)14-17-8-3-2-4-9-17/h2-13H,14-16H2,1H3. The van der Waals surface area contributed by atoms with Gasteiger partial charge in [-0.1, -0.05) is 84.6 Å². The molecule has 6 heteroatoms. The van der Waals surface area contributed by atoms with Crippen LogP contribution in [0.2, 0.25) is 0 Å². The Hall–Kier alpha value is -2.67. The van der Waals surface area contributed by atoms with Crippen LogP contribution in [0.1, 0.15) is 5.56 Å². The van der Waals surface area contributed by atoms with E-state index in [4.69, 9.17) is 21.9 Å². The number of hydrogen-bond acceptors (Lipinski definition) is 5. The molecule has 30 heavy (non-hydrogen) atoms. The summed E-state index contributed by atoms with van der Waals surface area (Å²) in [4.78, 5) is 9.56. The van der Waals surface area contributed by atoms with E-state index in [9.17, 15) is 0 Å². The van der Waals surface area contributed by atoms with Crippen molar-refractivity contribution in [2.75, 3.05) is 24.6 Å². The van der Waals surface area contributed by atoms with E-state index in [1.54, 1.807) is 18.9 Å². The molecule has 1 aliphatic rings. The van der Waals surface area contributed by atoms with Gasteiger partial charge in [-0.25, -0.2) is 4.98 Å². The second kappa shape index (κ2) is 8.22. The van der Waals surface area contributed by atoms with Crippen LogP contribution in [0, 0.1) is 0 Å². The van der Waals surface area contributed by atoms with Gasteiger partial charge in [0.1, 0.15) is 15.6 Å². The predicted molar refractivity (Wildman–Crippen MR) is 130 cm³/mol. The van der Waals surface area contributed by atoms with Crippen LogP contribution in [0.5, 0.6) is 5.75 Å². The van der Waals surface area contributed by atoms with Gasteiger partial charge in [0.2, 0.25) is 0 Å². The lowest BCUT2D eigenvalue weighted by Crippen LogP contribution is -2.44. The molecule has 0 bridgehead atoms. The van der Waals surface area contributed by atoms with Gasteiger partial charge in [-0.05, 0) is 17.7 Å². The second-order valence-corrected chi connectivity index (χ2v) is 8.84. The van der Waals surface area contributed by atoms with E-state index in [0.29, 0.717) is 0 Å². The highest BCUT2D eigenvalue weighted by atomic mass is 32.2. The molecule has 0 aliphatic carbocycles. The van der Waals surface area contributed by atoms with Gasteiger partial charge in [-0.2, -0.15) is 0 Å². The van der Waals surface area contributed by atoms with E-state index in [0.717, 1.165) is 56.7 Å². The summed E-state index contributed by atoms with van der Waals surface area (Å²) in [5.74, 6) is 1.66. The number of thiocarbonyl (C=S) groups is 1. The van der Waals surface area contributed by atoms with Crippen molar-refractivity contribution >= 4 is 55.8 Å². The van der Waals surface area contributed by atoms with Crippen molar-refractivity contribution in [3.63, 3.8) is 0 Å². The lowest BCUT2D eigenvalue weighted by molar-refractivity contribution is 0.321. The van der Waals surface area contributed by atoms with Gasteiger partial charge < -0.3 is 9.64 Å². The van der Waals surface area contributed by atoms with Gasteiger partial charge in [0.25, 0.3) is 0 Å². The number of benzene rings is 3. The van der Waals surface area contributed by atoms with E-state index in [2.05, 4.69) is 58.3 Å². The molecule has 0 unspecified atom stereocenters. The Morgan fingerprint density at radius 2 is 1.73 bits per heavy atom. The summed E-state index contributed by atoms with van der Waals surface area (Å²) >= 11 is 7.53. The molecule has 1 fully saturated rings. The molecule has 0 atom stereocenters. The van der Waals surface area contributed by atoms with Crippen molar-refractivity contribution < 1.29 is 4.74 Å². The molecule has 0 amide bonds. The third kappa shape index (κ3) is 3.51. The van der Waals surface area contributed by atoms with Crippen molar-refractivity contribution in [2.45, 2.75) is 6.54 Å². The molecule has 150 valence electrons. The Morgan fingerprint density at radius 3 is 2.57 bits per heavy atom. The first-order chi connectivity index (χ1) is 14.7. The first kappa shape index (κ1) is 19.3. The molecule has 1 aromatic heterocycles. The van der Waals surface area contributed by atoms with Crippen LogP contribution in [0.25, 0.3) is 21.8 Å². The van der Waals surface area contributed by atoms with Crippen molar-refractivity contribution in [1.82, 2.24) is 9.88 Å². The fourth-order valence-electron chi connectivity index (χ4n) is 3.94. The number of fused-ring (bicyclic) bond motifs is 2. The number of aromatic nitrogens is 1. The topological polar surface area (TPSA) is 28.6 Å². The summed E-state index contributed by atoms with van der Waals surface area (Å²) in [6.07, 6.45) is 0. The predicted octanol–water partition coefficient (Wildman–Crippen LogP) is 5.65. The average molecular weight is 432 g/mol. The number of rotatable bonds is 4. The molecule has 4 aromatic rings. The normalized spacial score (nSPS) is 15.1. The Bertz CT molecular complexity index is 1230. The molecular weight excluding hydrogens is 410 g/mol. The van der Waals surface area contributed by atoms with Crippen LogP contribution >= 0.6 is 24.0 Å². The van der Waals surface area contributed by atoms with Crippen LogP contribution in [-0.4, -0.2) is 33.9 Å².